The molecule has 0 fully saturated rings. The van der Waals surface area contributed by atoms with Crippen molar-refractivity contribution in [3.8, 4) is 0 Å². The van der Waals surface area contributed by atoms with Gasteiger partial charge in [0.1, 0.15) is 5.76 Å². The molecule has 0 aliphatic heterocycles. The van der Waals surface area contributed by atoms with Crippen LogP contribution in [0.25, 0.3) is 11.0 Å². The number of esters is 1. The zero-order valence-corrected chi connectivity index (χ0v) is 15.4. The molecule has 4 aromatic heterocycles. The van der Waals surface area contributed by atoms with Crippen molar-refractivity contribution < 1.29 is 13.9 Å². The Balaban J connectivity index is 1.84. The van der Waals surface area contributed by atoms with Gasteiger partial charge >= 0.3 is 11.7 Å². The summed E-state index contributed by atoms with van der Waals surface area (Å²) in [5, 5.41) is 0. The molecule has 4 aromatic rings. The fraction of sp³-hybridized carbons (Fsp3) is 0.150. The first-order valence-electron chi connectivity index (χ1n) is 8.73. The summed E-state index contributed by atoms with van der Waals surface area (Å²) in [6, 6.07) is 9.81. The van der Waals surface area contributed by atoms with E-state index in [1.165, 1.54) is 23.9 Å². The van der Waals surface area contributed by atoms with E-state index >= 15 is 0 Å². The fourth-order valence-corrected chi connectivity index (χ4v) is 3.03. The Labute approximate surface area is 163 Å². The van der Waals surface area contributed by atoms with Crippen molar-refractivity contribution in [2.24, 2.45) is 0 Å². The molecule has 0 radical (unpaired) electrons. The van der Waals surface area contributed by atoms with Crippen molar-refractivity contribution in [2.45, 2.75) is 13.1 Å². The van der Waals surface area contributed by atoms with E-state index in [4.69, 9.17) is 4.42 Å². The van der Waals surface area contributed by atoms with Gasteiger partial charge in [-0.15, -0.1) is 0 Å². The molecular weight excluding hydrogens is 376 g/mol. The van der Waals surface area contributed by atoms with Crippen LogP contribution in [0.1, 0.15) is 21.9 Å². The lowest BCUT2D eigenvalue weighted by molar-refractivity contribution is 0.0563. The molecule has 9 heteroatoms. The van der Waals surface area contributed by atoms with Crippen molar-refractivity contribution in [3.63, 3.8) is 0 Å². The number of hydrogen-bond donors (Lipinski definition) is 0. The Morgan fingerprint density at radius 2 is 1.83 bits per heavy atom. The van der Waals surface area contributed by atoms with Crippen LogP contribution in [0.3, 0.4) is 0 Å². The van der Waals surface area contributed by atoms with Crippen LogP contribution >= 0.6 is 0 Å². The van der Waals surface area contributed by atoms with Crippen molar-refractivity contribution in [1.29, 1.82) is 0 Å². The standard InChI is InChI=1S/C20H16N4O5/c1-28-19(26)16-5-4-14(29-16)12-23-15-3-2-8-22-17(15)18(25)24(20(23)27)11-13-6-9-21-10-7-13/h2-10H,11-12H2,1H3. The number of pyridine rings is 2. The Morgan fingerprint density at radius 3 is 2.59 bits per heavy atom. The van der Waals surface area contributed by atoms with Crippen molar-refractivity contribution in [2.75, 3.05) is 7.11 Å². The Kier molecular flexibility index (Phi) is 4.78. The molecule has 9 nitrogen and oxygen atoms in total. The molecule has 4 rings (SSSR count). The Hall–Kier alpha value is -4.01. The number of nitrogens with zero attached hydrogens (tertiary/aromatic N) is 4. The highest BCUT2D eigenvalue weighted by molar-refractivity contribution is 5.86. The van der Waals surface area contributed by atoms with E-state index in [9.17, 15) is 14.4 Å². The maximum absolute atomic E-state index is 13.2. The third-order valence-corrected chi connectivity index (χ3v) is 4.44. The molecule has 0 aromatic carbocycles. The minimum absolute atomic E-state index is 0.0225. The smallest absolute Gasteiger partial charge is 0.373 e. The quantitative estimate of drug-likeness (QED) is 0.473. The number of aromatic nitrogens is 4. The molecule has 0 saturated heterocycles. The first-order chi connectivity index (χ1) is 14.1. The average Bonchev–Trinajstić information content (AvgIpc) is 3.23. The average molecular weight is 392 g/mol. The summed E-state index contributed by atoms with van der Waals surface area (Å²) in [7, 11) is 1.25. The van der Waals surface area contributed by atoms with Gasteiger partial charge in [0, 0.05) is 18.6 Å². The topological polar surface area (TPSA) is 109 Å². The number of rotatable bonds is 5. The van der Waals surface area contributed by atoms with Gasteiger partial charge in [0.15, 0.2) is 5.52 Å². The highest BCUT2D eigenvalue weighted by Gasteiger charge is 2.17. The highest BCUT2D eigenvalue weighted by Crippen LogP contribution is 2.13. The van der Waals surface area contributed by atoms with Crippen LogP contribution in [-0.2, 0) is 17.8 Å². The van der Waals surface area contributed by atoms with Crippen LogP contribution in [0, 0.1) is 0 Å². The van der Waals surface area contributed by atoms with Crippen LogP contribution in [-0.4, -0.2) is 32.2 Å². The fourth-order valence-electron chi connectivity index (χ4n) is 3.03. The molecule has 4 heterocycles. The number of methoxy groups -OCH3 is 1. The SMILES string of the molecule is COC(=O)c1ccc(Cn2c(=O)n(Cc3ccncc3)c(=O)c3ncccc32)o1. The second-order valence-corrected chi connectivity index (χ2v) is 6.24. The second-order valence-electron chi connectivity index (χ2n) is 6.24. The van der Waals surface area contributed by atoms with Gasteiger partial charge in [-0.3, -0.25) is 18.9 Å². The van der Waals surface area contributed by atoms with Crippen molar-refractivity contribution >= 4 is 17.0 Å². The van der Waals surface area contributed by atoms with Crippen molar-refractivity contribution in [3.05, 3.63) is 92.9 Å². The van der Waals surface area contributed by atoms with Gasteiger partial charge in [0.2, 0.25) is 5.76 Å². The van der Waals surface area contributed by atoms with E-state index < -0.39 is 17.2 Å². The lowest BCUT2D eigenvalue weighted by atomic mass is 10.2. The van der Waals surface area contributed by atoms with E-state index in [1.54, 1.807) is 42.7 Å². The minimum Gasteiger partial charge on any atom is -0.463 e. The molecule has 146 valence electrons. The van der Waals surface area contributed by atoms with Gasteiger partial charge in [-0.1, -0.05) is 0 Å². The Bertz CT molecular complexity index is 1300. The molecule has 0 aliphatic carbocycles. The molecule has 0 bridgehead atoms. The van der Waals surface area contributed by atoms with Gasteiger partial charge < -0.3 is 9.15 Å². The van der Waals surface area contributed by atoms with Crippen LogP contribution in [0.5, 0.6) is 0 Å². The zero-order chi connectivity index (χ0) is 20.4. The summed E-state index contributed by atoms with van der Waals surface area (Å²) in [4.78, 5) is 45.8. The maximum atomic E-state index is 13.2. The molecular formula is C20H16N4O5. The number of carbonyl (C=O) groups excluding carboxylic acids is 1. The van der Waals surface area contributed by atoms with Gasteiger partial charge in [-0.2, -0.15) is 0 Å². The van der Waals surface area contributed by atoms with Gasteiger partial charge in [0.25, 0.3) is 5.56 Å². The van der Waals surface area contributed by atoms with Crippen LogP contribution in [0.4, 0.5) is 0 Å². The Morgan fingerprint density at radius 1 is 1.03 bits per heavy atom. The first kappa shape index (κ1) is 18.4. The van der Waals surface area contributed by atoms with E-state index in [2.05, 4.69) is 14.7 Å². The highest BCUT2D eigenvalue weighted by atomic mass is 16.5. The predicted molar refractivity (Wildman–Crippen MR) is 103 cm³/mol. The van der Waals surface area contributed by atoms with Gasteiger partial charge in [0.05, 0.1) is 25.7 Å². The third-order valence-electron chi connectivity index (χ3n) is 4.44. The molecule has 29 heavy (non-hydrogen) atoms. The van der Waals surface area contributed by atoms with Crippen LogP contribution in [0.15, 0.2) is 69.0 Å². The van der Waals surface area contributed by atoms with Gasteiger partial charge in [-0.25, -0.2) is 14.6 Å². The summed E-state index contributed by atoms with van der Waals surface area (Å²) < 4.78 is 12.6. The van der Waals surface area contributed by atoms with E-state index in [1.807, 2.05) is 0 Å². The van der Waals surface area contributed by atoms with Gasteiger partial charge in [-0.05, 0) is 42.0 Å². The normalized spacial score (nSPS) is 10.9. The summed E-state index contributed by atoms with van der Waals surface area (Å²) in [6.07, 6.45) is 4.68. The van der Waals surface area contributed by atoms with E-state index in [-0.39, 0.29) is 24.4 Å². The lowest BCUT2D eigenvalue weighted by Gasteiger charge is -2.12. The molecule has 0 aliphatic rings. The molecule has 0 unspecified atom stereocenters. The zero-order valence-electron chi connectivity index (χ0n) is 15.4. The van der Waals surface area contributed by atoms with Crippen LogP contribution < -0.4 is 11.2 Å². The number of furan rings is 1. The number of fused-ring (bicyclic) bond motifs is 1. The van der Waals surface area contributed by atoms with Crippen molar-refractivity contribution in [1.82, 2.24) is 19.1 Å². The molecule has 0 N–H and O–H groups in total. The van der Waals surface area contributed by atoms with E-state index in [0.29, 0.717) is 11.3 Å². The number of hydrogen-bond acceptors (Lipinski definition) is 7. The van der Waals surface area contributed by atoms with Crippen LogP contribution in [0.2, 0.25) is 0 Å². The molecule has 0 atom stereocenters. The lowest BCUT2D eigenvalue weighted by Crippen LogP contribution is -2.40. The number of carbonyl (C=O) groups is 1. The number of ether oxygens (including phenoxy) is 1. The summed E-state index contributed by atoms with van der Waals surface area (Å²) >= 11 is 0. The monoisotopic (exact) mass is 392 g/mol. The largest absolute Gasteiger partial charge is 0.463 e. The molecule has 0 spiro atoms. The van der Waals surface area contributed by atoms with E-state index in [0.717, 1.165) is 10.1 Å². The predicted octanol–water partition coefficient (Wildman–Crippen LogP) is 1.43. The second kappa shape index (κ2) is 7.55. The minimum atomic E-state index is -0.613. The summed E-state index contributed by atoms with van der Waals surface area (Å²) in [6.45, 7) is 0.104. The summed E-state index contributed by atoms with van der Waals surface area (Å²) in [5.74, 6) is -0.215. The molecule has 0 amide bonds. The third kappa shape index (κ3) is 3.45. The summed E-state index contributed by atoms with van der Waals surface area (Å²) in [5.41, 5.74) is 0.314. The first-order valence-corrected chi connectivity index (χ1v) is 8.73. The molecule has 0 saturated carbocycles. The maximum Gasteiger partial charge on any atom is 0.373 e.